The van der Waals surface area contributed by atoms with Crippen molar-refractivity contribution in [2.45, 2.75) is 13.8 Å². The molecule has 2 aromatic carbocycles. The van der Waals surface area contributed by atoms with Gasteiger partial charge in [-0.25, -0.2) is 0 Å². The minimum Gasteiger partial charge on any atom is -0.267 e. The zero-order valence-corrected chi connectivity index (χ0v) is 19.1. The molecule has 1 saturated heterocycles. The number of anilines is 2. The quantitative estimate of drug-likeness (QED) is 0.441. The van der Waals surface area contributed by atoms with Crippen molar-refractivity contribution >= 4 is 68.0 Å². The number of rotatable bonds is 2. The molecule has 0 N–H and O–H groups in total. The normalized spacial score (nSPS) is 23.7. The lowest BCUT2D eigenvalue weighted by Gasteiger charge is -2.11. The zero-order chi connectivity index (χ0) is 21.5. The molecule has 0 unspecified atom stereocenters. The van der Waals surface area contributed by atoms with Crippen molar-refractivity contribution in [3.63, 3.8) is 0 Å². The Morgan fingerprint density at radius 1 is 0.645 bits per heavy atom. The third-order valence-corrected chi connectivity index (χ3v) is 9.28. The van der Waals surface area contributed by atoms with Crippen molar-refractivity contribution < 1.29 is 9.59 Å². The van der Waals surface area contributed by atoms with E-state index >= 15 is 0 Å². The number of nitrogens with zero attached hydrogens (tertiary/aromatic N) is 4. The number of para-hydroxylation sites is 2. The molecule has 154 valence electrons. The van der Waals surface area contributed by atoms with Crippen LogP contribution in [-0.2, 0) is 9.59 Å². The number of carbonyl (C=O) groups excluding carboxylic acids is 2. The largest absolute Gasteiger partial charge is 0.282 e. The van der Waals surface area contributed by atoms with E-state index in [4.69, 9.17) is 0 Å². The van der Waals surface area contributed by atoms with Crippen LogP contribution in [-0.4, -0.2) is 23.2 Å². The summed E-state index contributed by atoms with van der Waals surface area (Å²) in [6.45, 7) is 3.68. The fourth-order valence-electron chi connectivity index (χ4n) is 3.35. The minimum atomic E-state index is -0.153. The van der Waals surface area contributed by atoms with Gasteiger partial charge in [0.1, 0.15) is 0 Å². The number of carbonyl (C=O) groups is 2. The number of hydrogen-bond acceptors (Lipinski definition) is 7. The molecule has 5 rings (SSSR count). The van der Waals surface area contributed by atoms with Crippen LogP contribution in [0.15, 0.2) is 90.5 Å². The second kappa shape index (κ2) is 8.07. The molecule has 6 nitrogen and oxygen atoms in total. The summed E-state index contributed by atoms with van der Waals surface area (Å²) in [5, 5.41) is 11.8. The lowest BCUT2D eigenvalue weighted by Crippen LogP contribution is -2.21. The smallest absolute Gasteiger partial charge is 0.267 e. The van der Waals surface area contributed by atoms with E-state index in [0.717, 1.165) is 19.8 Å². The predicted molar refractivity (Wildman–Crippen MR) is 131 cm³/mol. The summed E-state index contributed by atoms with van der Waals surface area (Å²) in [5.74, 6) is -0.306. The topological polar surface area (TPSA) is 65.3 Å². The van der Waals surface area contributed by atoms with E-state index in [9.17, 15) is 9.59 Å². The first-order valence-corrected chi connectivity index (χ1v) is 12.4. The van der Waals surface area contributed by atoms with E-state index in [0.29, 0.717) is 22.6 Å². The molecule has 2 amide bonds. The summed E-state index contributed by atoms with van der Waals surface area (Å²) in [7, 11) is 2.98. The van der Waals surface area contributed by atoms with Crippen LogP contribution >= 0.6 is 33.3 Å². The van der Waals surface area contributed by atoms with Crippen LogP contribution in [0.4, 0.5) is 11.4 Å². The van der Waals surface area contributed by atoms with Crippen LogP contribution in [0.3, 0.4) is 0 Å². The monoisotopic (exact) mass is 464 g/mol. The highest BCUT2D eigenvalue weighted by Gasteiger charge is 2.38. The SMILES string of the molecule is CC1=NN(c2ccccc2)C(=O)/C1=C1\SS/C(=C2\C(=O)N(c3ccccc3)N=C2C)S1. The summed E-state index contributed by atoms with van der Waals surface area (Å²) in [6, 6.07) is 18.7. The molecule has 3 heterocycles. The molecule has 0 saturated carbocycles. The molecule has 1 fully saturated rings. The van der Waals surface area contributed by atoms with Gasteiger partial charge in [0.15, 0.2) is 0 Å². The summed E-state index contributed by atoms with van der Waals surface area (Å²) in [5.41, 5.74) is 3.97. The van der Waals surface area contributed by atoms with Gasteiger partial charge in [0.05, 0.1) is 42.4 Å². The Bertz CT molecular complexity index is 1120. The number of amides is 2. The lowest BCUT2D eigenvalue weighted by molar-refractivity contribution is -0.115. The summed E-state index contributed by atoms with van der Waals surface area (Å²) < 4.78 is 1.69. The van der Waals surface area contributed by atoms with Crippen LogP contribution in [0, 0.1) is 0 Å². The van der Waals surface area contributed by atoms with Gasteiger partial charge in [-0.05, 0) is 59.7 Å². The Labute approximate surface area is 191 Å². The van der Waals surface area contributed by atoms with Gasteiger partial charge in [-0.1, -0.05) is 48.2 Å². The van der Waals surface area contributed by atoms with E-state index in [1.165, 1.54) is 43.4 Å². The molecule has 0 atom stereocenters. The van der Waals surface area contributed by atoms with Crippen molar-refractivity contribution in [2.24, 2.45) is 10.2 Å². The van der Waals surface area contributed by atoms with Gasteiger partial charge in [0.25, 0.3) is 11.8 Å². The Morgan fingerprint density at radius 3 is 1.42 bits per heavy atom. The van der Waals surface area contributed by atoms with Crippen molar-refractivity contribution in [1.29, 1.82) is 0 Å². The Balaban J connectivity index is 1.45. The van der Waals surface area contributed by atoms with E-state index in [1.807, 2.05) is 74.5 Å². The highest BCUT2D eigenvalue weighted by molar-refractivity contribution is 8.86. The maximum Gasteiger partial charge on any atom is 0.282 e. The van der Waals surface area contributed by atoms with Gasteiger partial charge in [-0.2, -0.15) is 20.2 Å². The number of hydrogen-bond donors (Lipinski definition) is 0. The second-order valence-corrected chi connectivity index (χ2v) is 10.6. The molecule has 31 heavy (non-hydrogen) atoms. The maximum absolute atomic E-state index is 13.1. The Kier molecular flexibility index (Phi) is 5.25. The van der Waals surface area contributed by atoms with Gasteiger partial charge in [-0.15, -0.1) is 0 Å². The summed E-state index contributed by atoms with van der Waals surface area (Å²) >= 11 is 1.44. The van der Waals surface area contributed by atoms with Crippen LogP contribution < -0.4 is 10.0 Å². The fourth-order valence-corrected chi connectivity index (χ4v) is 8.09. The number of thioether (sulfide) groups is 1. The first-order chi connectivity index (χ1) is 15.0. The van der Waals surface area contributed by atoms with Crippen molar-refractivity contribution in [3.8, 4) is 0 Å². The van der Waals surface area contributed by atoms with Crippen LogP contribution in [0.1, 0.15) is 13.8 Å². The van der Waals surface area contributed by atoms with Crippen molar-refractivity contribution in [1.82, 2.24) is 0 Å². The highest BCUT2D eigenvalue weighted by Crippen LogP contribution is 2.60. The van der Waals surface area contributed by atoms with E-state index in [1.54, 1.807) is 0 Å². The van der Waals surface area contributed by atoms with Crippen LogP contribution in [0.2, 0.25) is 0 Å². The molecule has 3 aliphatic heterocycles. The van der Waals surface area contributed by atoms with Crippen molar-refractivity contribution in [3.05, 3.63) is 80.3 Å². The van der Waals surface area contributed by atoms with Gasteiger partial charge >= 0.3 is 0 Å². The molecule has 0 radical (unpaired) electrons. The van der Waals surface area contributed by atoms with Crippen LogP contribution in [0.25, 0.3) is 0 Å². The van der Waals surface area contributed by atoms with Gasteiger partial charge in [0.2, 0.25) is 0 Å². The Hall–Kier alpha value is -2.75. The van der Waals surface area contributed by atoms with Crippen molar-refractivity contribution in [2.75, 3.05) is 10.0 Å². The second-order valence-electron chi connectivity index (χ2n) is 6.87. The summed E-state index contributed by atoms with van der Waals surface area (Å²) in [4.78, 5) is 26.2. The number of hydrazone groups is 2. The fraction of sp³-hybridized carbons (Fsp3) is 0.0909. The van der Waals surface area contributed by atoms with Gasteiger partial charge < -0.3 is 0 Å². The first kappa shape index (κ1) is 20.2. The van der Waals surface area contributed by atoms with Crippen LogP contribution in [0.5, 0.6) is 0 Å². The lowest BCUT2D eigenvalue weighted by atomic mass is 10.2. The standard InChI is InChI=1S/C22H16N4O2S3/c1-13-17(19(27)25(23-13)15-9-5-3-6-10-15)21-29-22(31-30-21)18-14(2)24-26(20(18)28)16-11-7-4-8-12-16/h3-12H,1-2H3/b21-17-,22-18-. The first-order valence-electron chi connectivity index (χ1n) is 9.45. The molecular weight excluding hydrogens is 448 g/mol. The minimum absolute atomic E-state index is 0.153. The molecule has 0 aliphatic carbocycles. The highest BCUT2D eigenvalue weighted by atomic mass is 33.1. The Morgan fingerprint density at radius 2 is 1.03 bits per heavy atom. The van der Waals surface area contributed by atoms with E-state index in [-0.39, 0.29) is 11.8 Å². The third kappa shape index (κ3) is 3.52. The van der Waals surface area contributed by atoms with Gasteiger partial charge in [0, 0.05) is 0 Å². The number of benzene rings is 2. The molecule has 3 aliphatic rings. The van der Waals surface area contributed by atoms with E-state index in [2.05, 4.69) is 10.2 Å². The molecule has 0 bridgehead atoms. The average Bonchev–Trinajstić information content (AvgIpc) is 3.45. The third-order valence-electron chi connectivity index (χ3n) is 4.82. The maximum atomic E-state index is 13.1. The zero-order valence-electron chi connectivity index (χ0n) is 16.6. The molecule has 9 heteroatoms. The predicted octanol–water partition coefficient (Wildman–Crippen LogP) is 5.38. The molecule has 0 spiro atoms. The van der Waals surface area contributed by atoms with Gasteiger partial charge in [-0.3, -0.25) is 9.59 Å². The molecular formula is C22H16N4O2S3. The average molecular weight is 465 g/mol. The molecule has 2 aromatic rings. The van der Waals surface area contributed by atoms with E-state index < -0.39 is 0 Å². The molecule has 0 aromatic heterocycles. The summed E-state index contributed by atoms with van der Waals surface area (Å²) in [6.07, 6.45) is 0.